The number of hydrogen-bond acceptors (Lipinski definition) is 3. The highest BCUT2D eigenvalue weighted by atomic mass is 79.9. The molecule has 3 fully saturated rings. The lowest BCUT2D eigenvalue weighted by Gasteiger charge is -2.27. The van der Waals surface area contributed by atoms with Crippen molar-refractivity contribution in [2.24, 2.45) is 23.7 Å². The van der Waals surface area contributed by atoms with Crippen molar-refractivity contribution in [2.45, 2.75) is 30.7 Å². The fourth-order valence-corrected chi connectivity index (χ4v) is 5.98. The minimum Gasteiger partial charge on any atom is -0.461 e. The second-order valence-corrected chi connectivity index (χ2v) is 8.58. The molecule has 2 saturated carbocycles. The van der Waals surface area contributed by atoms with Crippen LogP contribution < -0.4 is 5.32 Å². The number of benzene rings is 1. The molecule has 2 bridgehead atoms. The van der Waals surface area contributed by atoms with Gasteiger partial charge in [0.15, 0.2) is 0 Å². The molecule has 3 aliphatic rings. The summed E-state index contributed by atoms with van der Waals surface area (Å²) in [5, 5.41) is 3.05. The molecule has 4 rings (SSSR count). The third-order valence-corrected chi connectivity index (χ3v) is 7.23. The van der Waals surface area contributed by atoms with E-state index >= 15 is 0 Å². The van der Waals surface area contributed by atoms with Crippen molar-refractivity contribution >= 4 is 49.4 Å². The zero-order chi connectivity index (χ0) is 16.3. The smallest absolute Gasteiger partial charge is 0.310 e. The molecule has 1 aromatic rings. The van der Waals surface area contributed by atoms with Gasteiger partial charge in [-0.15, -0.1) is 0 Å². The van der Waals surface area contributed by atoms with E-state index in [9.17, 15) is 9.59 Å². The molecule has 1 heterocycles. The molecule has 1 N–H and O–H groups in total. The maximum atomic E-state index is 12.9. The minimum atomic E-state index is -0.288. The molecule has 6 heteroatoms. The first-order valence-corrected chi connectivity index (χ1v) is 9.66. The molecular weight excluding hydrogens is 426 g/mol. The Balaban J connectivity index is 1.60. The highest BCUT2D eigenvalue weighted by Gasteiger charge is 2.67. The summed E-state index contributed by atoms with van der Waals surface area (Å²) >= 11 is 7.10. The molecule has 122 valence electrons. The quantitative estimate of drug-likeness (QED) is 0.575. The van der Waals surface area contributed by atoms with Gasteiger partial charge in [-0.1, -0.05) is 38.8 Å². The second-order valence-electron chi connectivity index (χ2n) is 6.61. The number of esters is 1. The van der Waals surface area contributed by atoms with Crippen LogP contribution in [0.1, 0.15) is 18.9 Å². The maximum absolute atomic E-state index is 12.9. The number of amides is 1. The standard InChI is InChI=1S/C17H17Br2NO3/c1-2-7-5-8(18)3-4-11(7)20-16(21)12-9-6-10-13(12)17(22)23-15(10)14(9)19/h3-5,9-10,12-15H,2,6H2,1H3,(H,20,21)/t9-,10-,12-,13-,14+,15+/m1/s1. The van der Waals surface area contributed by atoms with Crippen LogP contribution in [0.2, 0.25) is 0 Å². The average molecular weight is 443 g/mol. The van der Waals surface area contributed by atoms with Crippen LogP contribution in [0.15, 0.2) is 22.7 Å². The number of rotatable bonds is 3. The molecule has 4 nitrogen and oxygen atoms in total. The first-order chi connectivity index (χ1) is 11.0. The van der Waals surface area contributed by atoms with E-state index in [-0.39, 0.29) is 46.5 Å². The molecule has 6 atom stereocenters. The molecule has 2 aliphatic carbocycles. The number of halogens is 2. The Hall–Kier alpha value is -0.880. The van der Waals surface area contributed by atoms with Crippen molar-refractivity contribution in [2.75, 3.05) is 5.32 Å². The first-order valence-electron chi connectivity index (χ1n) is 7.95. The largest absolute Gasteiger partial charge is 0.461 e. The number of carbonyl (C=O) groups excluding carboxylic acids is 2. The summed E-state index contributed by atoms with van der Waals surface area (Å²) in [5.41, 5.74) is 1.91. The number of alkyl halides is 1. The van der Waals surface area contributed by atoms with Gasteiger partial charge < -0.3 is 10.1 Å². The zero-order valence-electron chi connectivity index (χ0n) is 12.6. The molecule has 23 heavy (non-hydrogen) atoms. The van der Waals surface area contributed by atoms with Crippen molar-refractivity contribution in [1.29, 1.82) is 0 Å². The lowest BCUT2D eigenvalue weighted by atomic mass is 9.79. The zero-order valence-corrected chi connectivity index (χ0v) is 15.8. The normalized spacial score (nSPS) is 37.1. The van der Waals surface area contributed by atoms with E-state index in [1.165, 1.54) is 0 Å². The summed E-state index contributed by atoms with van der Waals surface area (Å²) in [4.78, 5) is 25.1. The minimum absolute atomic E-state index is 0.0413. The highest BCUT2D eigenvalue weighted by Crippen LogP contribution is 2.60. The molecule has 1 aliphatic heterocycles. The van der Waals surface area contributed by atoms with Crippen molar-refractivity contribution in [3.05, 3.63) is 28.2 Å². The Morgan fingerprint density at radius 1 is 1.39 bits per heavy atom. The third-order valence-electron chi connectivity index (χ3n) is 5.53. The van der Waals surface area contributed by atoms with Gasteiger partial charge in [-0.3, -0.25) is 9.59 Å². The van der Waals surface area contributed by atoms with Crippen molar-refractivity contribution < 1.29 is 14.3 Å². The Morgan fingerprint density at radius 2 is 2.17 bits per heavy atom. The lowest BCUT2D eigenvalue weighted by molar-refractivity contribution is -0.145. The Bertz CT molecular complexity index is 692. The summed E-state index contributed by atoms with van der Waals surface area (Å²) in [6.07, 6.45) is 1.69. The fraction of sp³-hybridized carbons (Fsp3) is 0.529. The van der Waals surface area contributed by atoms with E-state index in [1.807, 2.05) is 18.2 Å². The summed E-state index contributed by atoms with van der Waals surface area (Å²) in [6, 6.07) is 5.85. The number of fused-ring (bicyclic) bond motifs is 1. The molecule has 1 saturated heterocycles. The Labute approximate surface area is 151 Å². The van der Waals surface area contributed by atoms with E-state index in [0.717, 1.165) is 28.6 Å². The van der Waals surface area contributed by atoms with Gasteiger partial charge in [0.05, 0.1) is 16.7 Å². The predicted molar refractivity (Wildman–Crippen MR) is 93.3 cm³/mol. The summed E-state index contributed by atoms with van der Waals surface area (Å²) in [5.74, 6) is -0.425. The Kier molecular flexibility index (Phi) is 3.80. The first kappa shape index (κ1) is 15.6. The van der Waals surface area contributed by atoms with Gasteiger partial charge in [0.25, 0.3) is 0 Å². The van der Waals surface area contributed by atoms with Gasteiger partial charge in [0.1, 0.15) is 6.10 Å². The van der Waals surface area contributed by atoms with Gasteiger partial charge in [-0.2, -0.15) is 0 Å². The second kappa shape index (κ2) is 5.59. The monoisotopic (exact) mass is 441 g/mol. The SMILES string of the molecule is CCc1cc(Br)ccc1NC(=O)[C@@H]1[C@H]2C[C@H]3[C@H](OC(=O)[C@H]31)[C@H]2Br. The van der Waals surface area contributed by atoms with Gasteiger partial charge in [0.2, 0.25) is 5.91 Å². The van der Waals surface area contributed by atoms with Crippen LogP contribution in [-0.2, 0) is 20.7 Å². The average Bonchev–Trinajstić information content (AvgIpc) is 3.13. The van der Waals surface area contributed by atoms with Crippen LogP contribution in [0.3, 0.4) is 0 Å². The van der Waals surface area contributed by atoms with E-state index < -0.39 is 0 Å². The van der Waals surface area contributed by atoms with E-state index in [2.05, 4.69) is 44.1 Å². The van der Waals surface area contributed by atoms with Gasteiger partial charge in [-0.05, 0) is 42.5 Å². The molecule has 0 unspecified atom stereocenters. The van der Waals surface area contributed by atoms with Crippen molar-refractivity contribution in [3.63, 3.8) is 0 Å². The topological polar surface area (TPSA) is 55.4 Å². The maximum Gasteiger partial charge on any atom is 0.310 e. The molecule has 1 amide bonds. The van der Waals surface area contributed by atoms with Gasteiger partial charge >= 0.3 is 5.97 Å². The van der Waals surface area contributed by atoms with Crippen LogP contribution in [0, 0.1) is 23.7 Å². The number of nitrogens with one attached hydrogen (secondary N) is 1. The molecular formula is C17H17Br2NO3. The number of ether oxygens (including phenoxy) is 1. The van der Waals surface area contributed by atoms with Crippen LogP contribution in [0.5, 0.6) is 0 Å². The predicted octanol–water partition coefficient (Wildman–Crippen LogP) is 3.52. The number of carbonyl (C=O) groups is 2. The summed E-state index contributed by atoms with van der Waals surface area (Å²) in [6.45, 7) is 2.06. The molecule has 0 aromatic heterocycles. The van der Waals surface area contributed by atoms with Crippen LogP contribution in [0.25, 0.3) is 0 Å². The fourth-order valence-electron chi connectivity index (χ4n) is 4.52. The van der Waals surface area contributed by atoms with Gasteiger partial charge in [-0.25, -0.2) is 0 Å². The molecule has 0 spiro atoms. The van der Waals surface area contributed by atoms with E-state index in [1.54, 1.807) is 0 Å². The third kappa shape index (κ3) is 2.29. The molecule has 0 radical (unpaired) electrons. The van der Waals surface area contributed by atoms with Crippen LogP contribution in [-0.4, -0.2) is 22.8 Å². The molecule has 1 aromatic carbocycles. The Morgan fingerprint density at radius 3 is 2.91 bits per heavy atom. The van der Waals surface area contributed by atoms with Crippen LogP contribution in [0.4, 0.5) is 5.69 Å². The summed E-state index contributed by atoms with van der Waals surface area (Å²) in [7, 11) is 0. The van der Waals surface area contributed by atoms with E-state index in [4.69, 9.17) is 4.74 Å². The van der Waals surface area contributed by atoms with Crippen molar-refractivity contribution in [3.8, 4) is 0 Å². The number of anilines is 1. The lowest BCUT2D eigenvalue weighted by Crippen LogP contribution is -2.40. The van der Waals surface area contributed by atoms with Gasteiger partial charge in [0, 0.05) is 16.1 Å². The van der Waals surface area contributed by atoms with Crippen LogP contribution >= 0.6 is 31.9 Å². The highest BCUT2D eigenvalue weighted by molar-refractivity contribution is 9.10. The van der Waals surface area contributed by atoms with E-state index in [0.29, 0.717) is 0 Å². The number of aryl methyl sites for hydroxylation is 1. The summed E-state index contributed by atoms with van der Waals surface area (Å²) < 4.78 is 6.47. The van der Waals surface area contributed by atoms with Crippen molar-refractivity contribution in [1.82, 2.24) is 0 Å². The number of hydrogen-bond donors (Lipinski definition) is 1.